The molecule has 1 aliphatic heterocycles. The van der Waals surface area contributed by atoms with Crippen molar-refractivity contribution in [3.8, 4) is 0 Å². The Labute approximate surface area is 86.4 Å². The van der Waals surface area contributed by atoms with Gasteiger partial charge in [-0.25, -0.2) is 4.99 Å². The molecule has 1 heterocycles. The van der Waals surface area contributed by atoms with Crippen molar-refractivity contribution in [1.82, 2.24) is 9.80 Å². The molecule has 0 bridgehead atoms. The molecular weight excluding hydrogens is 174 g/mol. The van der Waals surface area contributed by atoms with Crippen LogP contribution in [-0.2, 0) is 0 Å². The third-order valence-electron chi connectivity index (χ3n) is 2.43. The highest BCUT2D eigenvalue weighted by Crippen LogP contribution is 2.09. The second-order valence-corrected chi connectivity index (χ2v) is 3.50. The smallest absolute Gasteiger partial charge is 0.127 e. The summed E-state index contributed by atoms with van der Waals surface area (Å²) in [5.41, 5.74) is 0. The highest BCUT2D eigenvalue weighted by molar-refractivity contribution is 5.29. The molecular formula is C11H19N3. The molecule has 78 valence electrons. The van der Waals surface area contributed by atoms with Crippen molar-refractivity contribution in [2.45, 2.75) is 6.92 Å². The van der Waals surface area contributed by atoms with Crippen molar-refractivity contribution in [2.75, 3.05) is 33.2 Å². The average Bonchev–Trinajstić information content (AvgIpc) is 2.21. The minimum absolute atomic E-state index is 0.983. The van der Waals surface area contributed by atoms with Gasteiger partial charge in [0, 0.05) is 26.2 Å². The molecule has 0 aromatic heterocycles. The quantitative estimate of drug-likeness (QED) is 0.498. The van der Waals surface area contributed by atoms with E-state index in [9.17, 15) is 0 Å². The number of piperazine rings is 1. The standard InChI is InChI=1S/C11H19N3/c1-4-5-6-11(12-2)14-9-7-13(3)8-10-14/h4-6H,2,7-10H2,1,3H3/b5-4-,11-6+. The fraction of sp³-hybridized carbons (Fsp3) is 0.545. The number of hydrogen-bond acceptors (Lipinski definition) is 3. The summed E-state index contributed by atoms with van der Waals surface area (Å²) >= 11 is 0. The van der Waals surface area contributed by atoms with Gasteiger partial charge in [0.05, 0.1) is 0 Å². The van der Waals surface area contributed by atoms with Gasteiger partial charge in [0.2, 0.25) is 0 Å². The number of likely N-dealkylation sites (N-methyl/N-ethyl adjacent to an activating group) is 1. The van der Waals surface area contributed by atoms with Crippen LogP contribution in [-0.4, -0.2) is 49.7 Å². The fourth-order valence-electron chi connectivity index (χ4n) is 1.48. The van der Waals surface area contributed by atoms with Gasteiger partial charge in [0.25, 0.3) is 0 Å². The monoisotopic (exact) mass is 193 g/mol. The molecule has 0 aromatic carbocycles. The van der Waals surface area contributed by atoms with E-state index in [0.29, 0.717) is 0 Å². The van der Waals surface area contributed by atoms with Gasteiger partial charge < -0.3 is 9.80 Å². The first-order valence-corrected chi connectivity index (χ1v) is 5.01. The zero-order valence-electron chi connectivity index (χ0n) is 9.11. The van der Waals surface area contributed by atoms with Gasteiger partial charge in [0.1, 0.15) is 5.82 Å². The maximum absolute atomic E-state index is 4.04. The summed E-state index contributed by atoms with van der Waals surface area (Å²) in [6.45, 7) is 9.88. The summed E-state index contributed by atoms with van der Waals surface area (Å²) in [4.78, 5) is 8.64. The number of nitrogens with zero attached hydrogens (tertiary/aromatic N) is 3. The molecule has 0 spiro atoms. The van der Waals surface area contributed by atoms with E-state index in [0.717, 1.165) is 32.0 Å². The molecule has 3 nitrogen and oxygen atoms in total. The van der Waals surface area contributed by atoms with Crippen LogP contribution >= 0.6 is 0 Å². The van der Waals surface area contributed by atoms with E-state index in [1.807, 2.05) is 25.2 Å². The summed E-state index contributed by atoms with van der Waals surface area (Å²) in [5.74, 6) is 0.983. The molecule has 0 unspecified atom stereocenters. The molecule has 1 aliphatic rings. The summed E-state index contributed by atoms with van der Waals surface area (Å²) < 4.78 is 0. The molecule has 3 heteroatoms. The van der Waals surface area contributed by atoms with E-state index in [-0.39, 0.29) is 0 Å². The Kier molecular flexibility index (Phi) is 4.40. The van der Waals surface area contributed by atoms with Crippen LogP contribution in [0, 0.1) is 0 Å². The molecule has 1 saturated heterocycles. The van der Waals surface area contributed by atoms with Crippen molar-refractivity contribution in [2.24, 2.45) is 4.99 Å². The van der Waals surface area contributed by atoms with E-state index in [1.165, 1.54) is 0 Å². The highest BCUT2D eigenvalue weighted by Gasteiger charge is 2.14. The highest BCUT2D eigenvalue weighted by atomic mass is 15.3. The molecule has 0 amide bonds. The Morgan fingerprint density at radius 2 is 1.93 bits per heavy atom. The molecule has 0 aromatic rings. The number of allylic oxidation sites excluding steroid dienone is 3. The predicted molar refractivity (Wildman–Crippen MR) is 61.5 cm³/mol. The molecule has 0 aliphatic carbocycles. The van der Waals surface area contributed by atoms with Gasteiger partial charge in [-0.2, -0.15) is 0 Å². The first kappa shape index (κ1) is 11.0. The van der Waals surface area contributed by atoms with Crippen LogP contribution in [0.2, 0.25) is 0 Å². The lowest BCUT2D eigenvalue weighted by molar-refractivity contribution is 0.185. The summed E-state index contributed by atoms with van der Waals surface area (Å²) in [7, 11) is 2.15. The second-order valence-electron chi connectivity index (χ2n) is 3.50. The zero-order chi connectivity index (χ0) is 10.4. The lowest BCUT2D eigenvalue weighted by Gasteiger charge is -2.33. The average molecular weight is 193 g/mol. The van der Waals surface area contributed by atoms with Crippen molar-refractivity contribution in [3.63, 3.8) is 0 Å². The van der Waals surface area contributed by atoms with Crippen LogP contribution in [0.25, 0.3) is 0 Å². The van der Waals surface area contributed by atoms with Crippen LogP contribution in [0.3, 0.4) is 0 Å². The Balaban J connectivity index is 2.57. The van der Waals surface area contributed by atoms with E-state index in [1.54, 1.807) is 0 Å². The minimum Gasteiger partial charge on any atom is -0.354 e. The second kappa shape index (κ2) is 5.60. The maximum Gasteiger partial charge on any atom is 0.127 e. The summed E-state index contributed by atoms with van der Waals surface area (Å²) in [5, 5.41) is 0. The Bertz CT molecular complexity index is 235. The molecule has 0 saturated carbocycles. The van der Waals surface area contributed by atoms with E-state index in [2.05, 4.69) is 28.6 Å². The molecule has 0 N–H and O–H groups in total. The molecule has 0 radical (unpaired) electrons. The zero-order valence-corrected chi connectivity index (χ0v) is 9.11. The third kappa shape index (κ3) is 3.00. The fourth-order valence-corrected chi connectivity index (χ4v) is 1.48. The summed E-state index contributed by atoms with van der Waals surface area (Å²) in [6, 6.07) is 0. The molecule has 14 heavy (non-hydrogen) atoms. The lowest BCUT2D eigenvalue weighted by atomic mass is 10.3. The lowest BCUT2D eigenvalue weighted by Crippen LogP contribution is -2.43. The van der Waals surface area contributed by atoms with Gasteiger partial charge in [0.15, 0.2) is 0 Å². The number of hydrogen-bond donors (Lipinski definition) is 0. The van der Waals surface area contributed by atoms with Gasteiger partial charge in [-0.15, -0.1) is 0 Å². The minimum atomic E-state index is 0.983. The first-order valence-electron chi connectivity index (χ1n) is 5.01. The van der Waals surface area contributed by atoms with Gasteiger partial charge in [-0.3, -0.25) is 0 Å². The van der Waals surface area contributed by atoms with Crippen LogP contribution in [0.1, 0.15) is 6.92 Å². The van der Waals surface area contributed by atoms with E-state index in [4.69, 9.17) is 0 Å². The van der Waals surface area contributed by atoms with Crippen LogP contribution < -0.4 is 0 Å². The Morgan fingerprint density at radius 1 is 1.29 bits per heavy atom. The van der Waals surface area contributed by atoms with Crippen molar-refractivity contribution in [3.05, 3.63) is 24.0 Å². The topological polar surface area (TPSA) is 18.8 Å². The third-order valence-corrected chi connectivity index (χ3v) is 2.43. The van der Waals surface area contributed by atoms with E-state index < -0.39 is 0 Å². The summed E-state index contributed by atoms with van der Waals surface area (Å²) in [6.07, 6.45) is 6.02. The van der Waals surface area contributed by atoms with Crippen LogP contribution in [0.15, 0.2) is 29.0 Å². The molecule has 1 fully saturated rings. The molecule has 1 rings (SSSR count). The van der Waals surface area contributed by atoms with Gasteiger partial charge in [-0.1, -0.05) is 12.2 Å². The van der Waals surface area contributed by atoms with Crippen molar-refractivity contribution >= 4 is 6.72 Å². The van der Waals surface area contributed by atoms with Gasteiger partial charge >= 0.3 is 0 Å². The van der Waals surface area contributed by atoms with Crippen molar-refractivity contribution in [1.29, 1.82) is 0 Å². The largest absolute Gasteiger partial charge is 0.354 e. The number of rotatable bonds is 3. The van der Waals surface area contributed by atoms with Gasteiger partial charge in [-0.05, 0) is 26.8 Å². The van der Waals surface area contributed by atoms with E-state index >= 15 is 0 Å². The molecule has 0 atom stereocenters. The van der Waals surface area contributed by atoms with Crippen LogP contribution in [0.5, 0.6) is 0 Å². The van der Waals surface area contributed by atoms with Crippen molar-refractivity contribution < 1.29 is 0 Å². The maximum atomic E-state index is 4.04. The van der Waals surface area contributed by atoms with Crippen LogP contribution in [0.4, 0.5) is 0 Å². The normalized spacial score (nSPS) is 20.4. The first-order chi connectivity index (χ1) is 6.77. The Morgan fingerprint density at radius 3 is 2.43 bits per heavy atom. The SMILES string of the molecule is C=N/C(=C\C=C/C)N1CCN(C)CC1. The predicted octanol–water partition coefficient (Wildman–Crippen LogP) is 1.35. The number of aliphatic imine (C=N–C) groups is 1. The Hall–Kier alpha value is -1.09.